The summed E-state index contributed by atoms with van der Waals surface area (Å²) in [5.74, 6) is -0.344. The zero-order valence-electron chi connectivity index (χ0n) is 33.3. The Hall–Kier alpha value is -1.80. The summed E-state index contributed by atoms with van der Waals surface area (Å²) in [7, 11) is -4.27. The van der Waals surface area contributed by atoms with Gasteiger partial charge in [0.15, 0.2) is 0 Å². The number of nitrogens with two attached hydrogens (primary N) is 1. The third-order valence-corrected chi connectivity index (χ3v) is 9.43. The van der Waals surface area contributed by atoms with Crippen molar-refractivity contribution in [1.29, 1.82) is 0 Å². The van der Waals surface area contributed by atoms with Gasteiger partial charge in [0.2, 0.25) is 0 Å². The van der Waals surface area contributed by atoms with Crippen molar-refractivity contribution in [2.24, 2.45) is 5.73 Å². The van der Waals surface area contributed by atoms with Gasteiger partial charge in [0.1, 0.15) is 6.10 Å². The maximum atomic E-state index is 12.6. The molecule has 0 radical (unpaired) electrons. The van der Waals surface area contributed by atoms with Crippen molar-refractivity contribution < 1.29 is 32.8 Å². The lowest BCUT2D eigenvalue weighted by molar-refractivity contribution is -0.154. The van der Waals surface area contributed by atoms with Crippen molar-refractivity contribution in [3.05, 3.63) is 60.8 Å². The zero-order chi connectivity index (χ0) is 38.1. The molecule has 0 spiro atoms. The van der Waals surface area contributed by atoms with Gasteiger partial charge in [0.25, 0.3) is 0 Å². The molecule has 9 heteroatoms. The van der Waals surface area contributed by atoms with Crippen molar-refractivity contribution in [2.75, 3.05) is 33.0 Å². The average molecular weight is 752 g/mol. The van der Waals surface area contributed by atoms with E-state index in [4.69, 9.17) is 24.3 Å². The van der Waals surface area contributed by atoms with Crippen LogP contribution in [0.25, 0.3) is 0 Å². The minimum atomic E-state index is -4.27. The fourth-order valence-electron chi connectivity index (χ4n) is 5.43. The highest BCUT2D eigenvalue weighted by atomic mass is 31.2. The number of phosphoric acid groups is 1. The standard InChI is InChI=1S/C43H78NO7P/c1-3-5-7-9-11-13-15-16-17-18-19-20-21-22-23-24-25-26-27-28-30-32-34-36-43(45)51-42(41-50-52(46,47)49-39-37-44)40-48-38-35-33-31-29-14-12-10-8-6-4-2/h5,7,11,13,16-17,19-20,22-23,42H,3-4,6,8-10,12,14-15,18,21,24-41,44H2,1-2H3,(H,46,47)/b7-5-,13-11-,17-16-,20-19-,23-22-. The number of ether oxygens (including phenoxy) is 2. The Morgan fingerprint density at radius 2 is 1.08 bits per heavy atom. The number of hydrogen-bond donors (Lipinski definition) is 2. The molecule has 0 aromatic carbocycles. The Morgan fingerprint density at radius 1 is 0.596 bits per heavy atom. The molecular formula is C43H78NO7P. The number of esters is 1. The molecule has 2 atom stereocenters. The number of carbonyl (C=O) groups is 1. The van der Waals surface area contributed by atoms with E-state index in [1.54, 1.807) is 0 Å². The van der Waals surface area contributed by atoms with Crippen molar-refractivity contribution >= 4 is 13.8 Å². The highest BCUT2D eigenvalue weighted by Crippen LogP contribution is 2.43. The summed E-state index contributed by atoms with van der Waals surface area (Å²) in [6, 6.07) is 0. The number of unbranched alkanes of at least 4 members (excludes halogenated alkanes) is 16. The first-order valence-electron chi connectivity index (χ1n) is 20.8. The normalized spacial score (nSPS) is 14.2. The second kappa shape index (κ2) is 40.4. The second-order valence-electron chi connectivity index (χ2n) is 13.5. The van der Waals surface area contributed by atoms with Gasteiger partial charge in [0.05, 0.1) is 19.8 Å². The van der Waals surface area contributed by atoms with Crippen LogP contribution in [0.2, 0.25) is 0 Å². The van der Waals surface area contributed by atoms with Crippen LogP contribution >= 0.6 is 7.82 Å². The fourth-order valence-corrected chi connectivity index (χ4v) is 6.20. The molecule has 0 amide bonds. The monoisotopic (exact) mass is 752 g/mol. The summed E-state index contributed by atoms with van der Waals surface area (Å²) in [5.41, 5.74) is 5.36. The summed E-state index contributed by atoms with van der Waals surface area (Å²) < 4.78 is 33.3. The van der Waals surface area contributed by atoms with E-state index in [1.807, 2.05) is 0 Å². The Bertz CT molecular complexity index is 979. The van der Waals surface area contributed by atoms with Gasteiger partial charge in [-0.15, -0.1) is 0 Å². The minimum absolute atomic E-state index is 0.0966. The molecule has 302 valence electrons. The average Bonchev–Trinajstić information content (AvgIpc) is 3.13. The molecule has 2 unspecified atom stereocenters. The van der Waals surface area contributed by atoms with Crippen LogP contribution in [0.3, 0.4) is 0 Å². The van der Waals surface area contributed by atoms with E-state index in [0.29, 0.717) is 13.0 Å². The number of carbonyl (C=O) groups excluding carboxylic acids is 1. The summed E-state index contributed by atoms with van der Waals surface area (Å²) in [4.78, 5) is 22.4. The molecule has 0 bridgehead atoms. The Labute approximate surface area is 319 Å². The molecule has 52 heavy (non-hydrogen) atoms. The van der Waals surface area contributed by atoms with Crippen molar-refractivity contribution in [1.82, 2.24) is 0 Å². The van der Waals surface area contributed by atoms with Gasteiger partial charge in [0, 0.05) is 19.6 Å². The molecule has 0 aliphatic carbocycles. The van der Waals surface area contributed by atoms with Crippen LogP contribution < -0.4 is 5.73 Å². The SMILES string of the molecule is CC/C=C\C/C=C\C/C=C\C/C=C\C/C=C\CCCCCCCCCC(=O)OC(COCCCCCCCCCCCC)COP(=O)(O)OCCN. The smallest absolute Gasteiger partial charge is 0.457 e. The molecule has 0 aliphatic rings. The van der Waals surface area contributed by atoms with Crippen LogP contribution in [0, 0.1) is 0 Å². The molecule has 0 fully saturated rings. The second-order valence-corrected chi connectivity index (χ2v) is 14.9. The van der Waals surface area contributed by atoms with E-state index in [2.05, 4.69) is 74.6 Å². The maximum absolute atomic E-state index is 12.6. The first kappa shape index (κ1) is 50.2. The molecule has 0 aromatic heterocycles. The Balaban J connectivity index is 4.03. The highest BCUT2D eigenvalue weighted by molar-refractivity contribution is 7.47. The zero-order valence-corrected chi connectivity index (χ0v) is 34.2. The molecule has 0 heterocycles. The molecule has 0 saturated carbocycles. The topological polar surface area (TPSA) is 117 Å². The Morgan fingerprint density at radius 3 is 1.62 bits per heavy atom. The van der Waals surface area contributed by atoms with Crippen LogP contribution in [0.15, 0.2) is 60.8 Å². The van der Waals surface area contributed by atoms with Gasteiger partial charge in [-0.05, 0) is 57.8 Å². The third kappa shape index (κ3) is 39.4. The largest absolute Gasteiger partial charge is 0.472 e. The lowest BCUT2D eigenvalue weighted by Gasteiger charge is -2.20. The van der Waals surface area contributed by atoms with Gasteiger partial charge in [-0.3, -0.25) is 13.8 Å². The maximum Gasteiger partial charge on any atom is 0.472 e. The lowest BCUT2D eigenvalue weighted by atomic mass is 10.1. The van der Waals surface area contributed by atoms with Gasteiger partial charge in [-0.25, -0.2) is 4.57 Å². The number of rotatable bonds is 39. The fraction of sp³-hybridized carbons (Fsp3) is 0.744. The van der Waals surface area contributed by atoms with Gasteiger partial charge < -0.3 is 20.1 Å². The van der Waals surface area contributed by atoms with Crippen LogP contribution in [0.1, 0.15) is 168 Å². The highest BCUT2D eigenvalue weighted by Gasteiger charge is 2.25. The van der Waals surface area contributed by atoms with Crippen molar-refractivity contribution in [3.63, 3.8) is 0 Å². The molecule has 0 aliphatic heterocycles. The first-order chi connectivity index (χ1) is 25.4. The van der Waals surface area contributed by atoms with Crippen molar-refractivity contribution in [2.45, 2.75) is 174 Å². The summed E-state index contributed by atoms with van der Waals surface area (Å²) in [6.45, 7) is 4.78. The molecule has 0 rings (SSSR count). The van der Waals surface area contributed by atoms with Crippen LogP contribution in [0.4, 0.5) is 0 Å². The van der Waals surface area contributed by atoms with E-state index in [9.17, 15) is 14.3 Å². The third-order valence-electron chi connectivity index (χ3n) is 8.45. The molecule has 0 aromatic rings. The number of phosphoric ester groups is 1. The van der Waals surface area contributed by atoms with Crippen LogP contribution in [-0.4, -0.2) is 49.9 Å². The van der Waals surface area contributed by atoms with Gasteiger partial charge in [-0.2, -0.15) is 0 Å². The molecular weight excluding hydrogens is 673 g/mol. The van der Waals surface area contributed by atoms with Crippen molar-refractivity contribution in [3.8, 4) is 0 Å². The van der Waals surface area contributed by atoms with E-state index < -0.39 is 13.9 Å². The van der Waals surface area contributed by atoms with E-state index >= 15 is 0 Å². The van der Waals surface area contributed by atoms with Crippen LogP contribution in [0.5, 0.6) is 0 Å². The van der Waals surface area contributed by atoms with Crippen LogP contribution in [-0.2, 0) is 27.9 Å². The summed E-state index contributed by atoms with van der Waals surface area (Å²) in [6.07, 6.45) is 48.1. The van der Waals surface area contributed by atoms with E-state index in [-0.39, 0.29) is 32.3 Å². The molecule has 3 N–H and O–H groups in total. The number of allylic oxidation sites excluding steroid dienone is 10. The predicted molar refractivity (Wildman–Crippen MR) is 219 cm³/mol. The molecule has 8 nitrogen and oxygen atoms in total. The Kier molecular flexibility index (Phi) is 39.0. The van der Waals surface area contributed by atoms with E-state index in [0.717, 1.165) is 70.6 Å². The van der Waals surface area contributed by atoms with Gasteiger partial charge >= 0.3 is 13.8 Å². The quantitative estimate of drug-likeness (QED) is 0.0276. The lowest BCUT2D eigenvalue weighted by Crippen LogP contribution is -2.28. The summed E-state index contributed by atoms with van der Waals surface area (Å²) in [5, 5.41) is 0. The minimum Gasteiger partial charge on any atom is -0.457 e. The summed E-state index contributed by atoms with van der Waals surface area (Å²) >= 11 is 0. The van der Waals surface area contributed by atoms with Gasteiger partial charge in [-0.1, -0.05) is 164 Å². The number of hydrogen-bond acceptors (Lipinski definition) is 7. The molecule has 0 saturated heterocycles. The van der Waals surface area contributed by atoms with E-state index in [1.165, 1.54) is 77.0 Å². The first-order valence-corrected chi connectivity index (χ1v) is 22.3. The predicted octanol–water partition coefficient (Wildman–Crippen LogP) is 12.2.